The minimum atomic E-state index is 0.769. The highest BCUT2D eigenvalue weighted by molar-refractivity contribution is 5.55. The third-order valence-corrected chi connectivity index (χ3v) is 2.01. The van der Waals surface area contributed by atoms with Crippen LogP contribution in [0.2, 0.25) is 0 Å². The van der Waals surface area contributed by atoms with Gasteiger partial charge in [0, 0.05) is 17.5 Å². The number of aryl methyl sites for hydroxylation is 1. The molecule has 1 radical (unpaired) electrons. The van der Waals surface area contributed by atoms with Gasteiger partial charge in [-0.15, -0.1) is 0 Å². The quantitative estimate of drug-likeness (QED) is 0.679. The van der Waals surface area contributed by atoms with E-state index in [2.05, 4.69) is 16.9 Å². The second kappa shape index (κ2) is 3.58. The van der Waals surface area contributed by atoms with E-state index in [4.69, 9.17) is 0 Å². The summed E-state index contributed by atoms with van der Waals surface area (Å²) in [6.45, 7) is 5.79. The van der Waals surface area contributed by atoms with E-state index in [1.54, 1.807) is 6.20 Å². The van der Waals surface area contributed by atoms with E-state index in [0.29, 0.717) is 0 Å². The summed E-state index contributed by atoms with van der Waals surface area (Å²) in [7, 11) is 0. The Hall–Kier alpha value is -1.70. The molecule has 0 bridgehead atoms. The molecule has 0 saturated heterocycles. The van der Waals surface area contributed by atoms with E-state index in [9.17, 15) is 0 Å². The lowest BCUT2D eigenvalue weighted by molar-refractivity contribution is 1.11. The van der Waals surface area contributed by atoms with Crippen LogP contribution < -0.4 is 0 Å². The Bertz CT molecular complexity index is 432. The van der Waals surface area contributed by atoms with Crippen molar-refractivity contribution in [2.75, 3.05) is 0 Å². The molecule has 0 N–H and O–H groups in total. The zero-order valence-corrected chi connectivity index (χ0v) is 8.07. The van der Waals surface area contributed by atoms with E-state index < -0.39 is 0 Å². The van der Waals surface area contributed by atoms with Crippen molar-refractivity contribution in [3.8, 4) is 11.4 Å². The van der Waals surface area contributed by atoms with E-state index in [1.165, 1.54) is 0 Å². The van der Waals surface area contributed by atoms with Gasteiger partial charge in [0.2, 0.25) is 0 Å². The highest BCUT2D eigenvalue weighted by Gasteiger charge is 1.99. The summed E-state index contributed by atoms with van der Waals surface area (Å²) in [6.07, 6.45) is 1.77. The summed E-state index contributed by atoms with van der Waals surface area (Å²) in [5, 5.41) is 0. The highest BCUT2D eigenvalue weighted by atomic mass is 14.9. The molecule has 1 aromatic carbocycles. The number of hydrogen-bond acceptors (Lipinski definition) is 2. The van der Waals surface area contributed by atoms with Crippen molar-refractivity contribution >= 4 is 0 Å². The van der Waals surface area contributed by atoms with Gasteiger partial charge in [0.1, 0.15) is 0 Å². The Labute approximate surface area is 83.7 Å². The van der Waals surface area contributed by atoms with Crippen LogP contribution in [-0.2, 0) is 0 Å². The topological polar surface area (TPSA) is 25.8 Å². The van der Waals surface area contributed by atoms with Gasteiger partial charge in [-0.05, 0) is 25.5 Å². The van der Waals surface area contributed by atoms with Gasteiger partial charge in [0.15, 0.2) is 5.82 Å². The lowest BCUT2D eigenvalue weighted by atomic mass is 10.1. The van der Waals surface area contributed by atoms with Crippen LogP contribution in [0.3, 0.4) is 0 Å². The standard InChI is InChI=1S/C12H11N2/c1-9-3-5-11(6-4-9)12-13-8-7-10(2)14-12/h3-8H,1H2,2H3. The molecule has 0 aliphatic rings. The number of nitrogens with zero attached hydrogens (tertiary/aromatic N) is 2. The number of aromatic nitrogens is 2. The number of rotatable bonds is 1. The summed E-state index contributed by atoms with van der Waals surface area (Å²) >= 11 is 0. The van der Waals surface area contributed by atoms with Crippen molar-refractivity contribution in [2.45, 2.75) is 6.92 Å². The average molecular weight is 183 g/mol. The fourth-order valence-corrected chi connectivity index (χ4v) is 1.24. The third-order valence-electron chi connectivity index (χ3n) is 2.01. The predicted molar refractivity (Wildman–Crippen MR) is 56.7 cm³/mol. The maximum absolute atomic E-state index is 4.34. The Morgan fingerprint density at radius 3 is 2.43 bits per heavy atom. The van der Waals surface area contributed by atoms with Crippen LogP contribution >= 0.6 is 0 Å². The van der Waals surface area contributed by atoms with E-state index in [-0.39, 0.29) is 0 Å². The second-order valence-corrected chi connectivity index (χ2v) is 3.22. The summed E-state index contributed by atoms with van der Waals surface area (Å²) in [4.78, 5) is 8.55. The molecule has 0 amide bonds. The van der Waals surface area contributed by atoms with Crippen LogP contribution in [-0.4, -0.2) is 9.97 Å². The van der Waals surface area contributed by atoms with Gasteiger partial charge in [-0.1, -0.05) is 24.3 Å². The van der Waals surface area contributed by atoms with Crippen molar-refractivity contribution in [3.63, 3.8) is 0 Å². The van der Waals surface area contributed by atoms with Gasteiger partial charge in [0.05, 0.1) is 0 Å². The summed E-state index contributed by atoms with van der Waals surface area (Å²) in [5.41, 5.74) is 3.01. The van der Waals surface area contributed by atoms with E-state index in [1.807, 2.05) is 37.3 Å². The summed E-state index contributed by atoms with van der Waals surface area (Å²) in [5.74, 6) is 0.769. The molecule has 1 heterocycles. The van der Waals surface area contributed by atoms with Gasteiger partial charge in [-0.2, -0.15) is 0 Å². The van der Waals surface area contributed by atoms with Crippen molar-refractivity contribution in [1.29, 1.82) is 0 Å². The number of hydrogen-bond donors (Lipinski definition) is 0. The van der Waals surface area contributed by atoms with Crippen molar-refractivity contribution in [1.82, 2.24) is 9.97 Å². The van der Waals surface area contributed by atoms with Crippen LogP contribution in [0.4, 0.5) is 0 Å². The first-order valence-corrected chi connectivity index (χ1v) is 4.48. The third kappa shape index (κ3) is 1.79. The molecule has 0 aliphatic heterocycles. The van der Waals surface area contributed by atoms with Gasteiger partial charge < -0.3 is 0 Å². The Kier molecular flexibility index (Phi) is 2.27. The molecule has 0 aliphatic carbocycles. The smallest absolute Gasteiger partial charge is 0.159 e. The van der Waals surface area contributed by atoms with Crippen molar-refractivity contribution < 1.29 is 0 Å². The SMILES string of the molecule is [CH2]c1ccc(-c2nccc(C)n2)cc1. The van der Waals surface area contributed by atoms with Gasteiger partial charge in [-0.3, -0.25) is 0 Å². The molecule has 0 unspecified atom stereocenters. The fraction of sp³-hybridized carbons (Fsp3) is 0.0833. The molecule has 1 aromatic heterocycles. The summed E-state index contributed by atoms with van der Waals surface area (Å²) < 4.78 is 0. The number of benzene rings is 1. The largest absolute Gasteiger partial charge is 0.237 e. The van der Waals surface area contributed by atoms with E-state index in [0.717, 1.165) is 22.6 Å². The van der Waals surface area contributed by atoms with Crippen LogP contribution in [0.15, 0.2) is 36.5 Å². The maximum atomic E-state index is 4.34. The minimum Gasteiger partial charge on any atom is -0.237 e. The molecule has 2 rings (SSSR count). The van der Waals surface area contributed by atoms with E-state index >= 15 is 0 Å². The van der Waals surface area contributed by atoms with Crippen molar-refractivity contribution in [2.24, 2.45) is 0 Å². The minimum absolute atomic E-state index is 0.769. The Morgan fingerprint density at radius 1 is 1.07 bits per heavy atom. The molecule has 0 spiro atoms. The normalized spacial score (nSPS) is 10.1. The van der Waals surface area contributed by atoms with Gasteiger partial charge in [0.25, 0.3) is 0 Å². The first-order valence-electron chi connectivity index (χ1n) is 4.48. The first kappa shape index (κ1) is 8.88. The fourth-order valence-electron chi connectivity index (χ4n) is 1.24. The molecular weight excluding hydrogens is 172 g/mol. The molecular formula is C12H11N2. The van der Waals surface area contributed by atoms with Crippen LogP contribution in [0.1, 0.15) is 11.3 Å². The Morgan fingerprint density at radius 2 is 1.79 bits per heavy atom. The van der Waals surface area contributed by atoms with Crippen molar-refractivity contribution in [3.05, 3.63) is 54.7 Å². The van der Waals surface area contributed by atoms with Gasteiger partial charge >= 0.3 is 0 Å². The van der Waals surface area contributed by atoms with Crippen LogP contribution in [0.5, 0.6) is 0 Å². The highest BCUT2D eigenvalue weighted by Crippen LogP contribution is 2.14. The predicted octanol–water partition coefficient (Wildman–Crippen LogP) is 2.63. The molecule has 0 atom stereocenters. The molecule has 0 saturated carbocycles. The monoisotopic (exact) mass is 183 g/mol. The first-order chi connectivity index (χ1) is 6.75. The molecule has 2 nitrogen and oxygen atoms in total. The average Bonchev–Trinajstić information content (AvgIpc) is 2.19. The summed E-state index contributed by atoms with van der Waals surface area (Å²) in [6, 6.07) is 9.77. The van der Waals surface area contributed by atoms with Crippen LogP contribution in [0.25, 0.3) is 11.4 Å². The molecule has 69 valence electrons. The molecule has 14 heavy (non-hydrogen) atoms. The molecule has 0 fully saturated rings. The van der Waals surface area contributed by atoms with Crippen LogP contribution in [0, 0.1) is 13.8 Å². The molecule has 2 aromatic rings. The molecule has 2 heteroatoms. The lowest BCUT2D eigenvalue weighted by Crippen LogP contribution is -1.90. The maximum Gasteiger partial charge on any atom is 0.159 e. The lowest BCUT2D eigenvalue weighted by Gasteiger charge is -2.00. The van der Waals surface area contributed by atoms with Gasteiger partial charge in [-0.25, -0.2) is 9.97 Å². The zero-order chi connectivity index (χ0) is 9.97. The zero-order valence-electron chi connectivity index (χ0n) is 8.07. The Balaban J connectivity index is 2.44. The second-order valence-electron chi connectivity index (χ2n) is 3.22.